The van der Waals surface area contributed by atoms with Crippen LogP contribution in [0.25, 0.3) is 0 Å². The number of hydrogen-bond acceptors (Lipinski definition) is 3. The molecular weight excluding hydrogens is 224 g/mol. The van der Waals surface area contributed by atoms with Crippen LogP contribution < -0.4 is 5.32 Å². The number of carbonyl (C=O) groups excluding carboxylic acids is 1. The zero-order valence-electron chi connectivity index (χ0n) is 10.7. The van der Waals surface area contributed by atoms with Crippen molar-refractivity contribution in [3.05, 3.63) is 0 Å². The maximum Gasteiger partial charge on any atom is 0.317 e. The van der Waals surface area contributed by atoms with E-state index in [-0.39, 0.29) is 18.5 Å². The summed E-state index contributed by atoms with van der Waals surface area (Å²) in [4.78, 5) is 23.8. The van der Waals surface area contributed by atoms with Gasteiger partial charge in [-0.15, -0.1) is 0 Å². The number of nitrogens with zero attached hydrogens (tertiary/aromatic N) is 1. The number of amides is 2. The van der Waals surface area contributed by atoms with Crippen molar-refractivity contribution in [3.8, 4) is 0 Å². The van der Waals surface area contributed by atoms with Crippen LogP contribution in [0.5, 0.6) is 0 Å². The minimum atomic E-state index is -0.905. The summed E-state index contributed by atoms with van der Waals surface area (Å²) in [6, 6.07) is -0.564. The molecule has 17 heavy (non-hydrogen) atoms. The summed E-state index contributed by atoms with van der Waals surface area (Å²) in [6.07, 6.45) is -0.0489. The Labute approximate surface area is 102 Å². The molecule has 0 bridgehead atoms. The first-order valence-electron chi connectivity index (χ1n) is 5.86. The second kappa shape index (κ2) is 8.81. The molecule has 100 valence electrons. The quantitative estimate of drug-likeness (QED) is 0.624. The predicted molar refractivity (Wildman–Crippen MR) is 64.0 cm³/mol. The van der Waals surface area contributed by atoms with E-state index in [0.717, 1.165) is 0 Å². The topological polar surface area (TPSA) is 78.9 Å². The van der Waals surface area contributed by atoms with Crippen LogP contribution in [-0.4, -0.2) is 54.4 Å². The normalized spacial score (nSPS) is 11.9. The van der Waals surface area contributed by atoms with Crippen LogP contribution in [0, 0.1) is 0 Å². The van der Waals surface area contributed by atoms with Gasteiger partial charge >= 0.3 is 12.0 Å². The predicted octanol–water partition coefficient (Wildman–Crippen LogP) is 0.918. The largest absolute Gasteiger partial charge is 0.481 e. The lowest BCUT2D eigenvalue weighted by Gasteiger charge is -2.27. The van der Waals surface area contributed by atoms with Gasteiger partial charge in [-0.25, -0.2) is 4.79 Å². The van der Waals surface area contributed by atoms with Crippen molar-refractivity contribution in [2.75, 3.05) is 26.3 Å². The summed E-state index contributed by atoms with van der Waals surface area (Å²) in [5, 5.41) is 11.4. The molecule has 0 saturated heterocycles. The first kappa shape index (κ1) is 15.7. The zero-order chi connectivity index (χ0) is 13.3. The lowest BCUT2D eigenvalue weighted by Crippen LogP contribution is -2.46. The molecule has 6 nitrogen and oxygen atoms in total. The van der Waals surface area contributed by atoms with Crippen molar-refractivity contribution in [1.82, 2.24) is 10.2 Å². The summed E-state index contributed by atoms with van der Waals surface area (Å²) in [5.41, 5.74) is 0. The van der Waals surface area contributed by atoms with Gasteiger partial charge in [0.15, 0.2) is 0 Å². The van der Waals surface area contributed by atoms with Gasteiger partial charge in [0.2, 0.25) is 0 Å². The lowest BCUT2D eigenvalue weighted by molar-refractivity contribution is -0.138. The number of carboxylic acids is 1. The van der Waals surface area contributed by atoms with E-state index >= 15 is 0 Å². The van der Waals surface area contributed by atoms with Gasteiger partial charge in [0.25, 0.3) is 0 Å². The maximum absolute atomic E-state index is 11.7. The van der Waals surface area contributed by atoms with Gasteiger partial charge in [0, 0.05) is 25.7 Å². The van der Waals surface area contributed by atoms with E-state index in [4.69, 9.17) is 9.84 Å². The fraction of sp³-hybridized carbons (Fsp3) is 0.818. The van der Waals surface area contributed by atoms with Crippen LogP contribution in [0.2, 0.25) is 0 Å². The monoisotopic (exact) mass is 246 g/mol. The van der Waals surface area contributed by atoms with Crippen LogP contribution in [-0.2, 0) is 9.53 Å². The Morgan fingerprint density at radius 2 is 2.06 bits per heavy atom. The smallest absolute Gasteiger partial charge is 0.317 e. The van der Waals surface area contributed by atoms with E-state index in [1.54, 1.807) is 6.92 Å². The minimum absolute atomic E-state index is 0.0489. The highest BCUT2D eigenvalue weighted by molar-refractivity contribution is 5.75. The highest BCUT2D eigenvalue weighted by Crippen LogP contribution is 2.03. The van der Waals surface area contributed by atoms with Crippen molar-refractivity contribution in [1.29, 1.82) is 0 Å². The first-order chi connectivity index (χ1) is 8.02. The molecule has 0 fully saturated rings. The molecule has 6 heteroatoms. The molecule has 0 aliphatic heterocycles. The SMILES string of the molecule is CCOCCNC(=O)N(CC)C(C)CC(=O)O. The fourth-order valence-electron chi connectivity index (χ4n) is 1.49. The Kier molecular flexibility index (Phi) is 8.13. The highest BCUT2D eigenvalue weighted by Gasteiger charge is 2.20. The number of aliphatic carboxylic acids is 1. The lowest BCUT2D eigenvalue weighted by atomic mass is 10.2. The van der Waals surface area contributed by atoms with Crippen LogP contribution >= 0.6 is 0 Å². The first-order valence-corrected chi connectivity index (χ1v) is 5.86. The average Bonchev–Trinajstić information content (AvgIpc) is 2.24. The fourth-order valence-corrected chi connectivity index (χ4v) is 1.49. The molecule has 2 N–H and O–H groups in total. The van der Waals surface area contributed by atoms with Gasteiger partial charge < -0.3 is 20.1 Å². The third-order valence-corrected chi connectivity index (χ3v) is 2.33. The second-order valence-electron chi connectivity index (χ2n) is 3.66. The standard InChI is InChI=1S/C11H22N2O4/c1-4-13(9(3)8-10(14)15)11(16)12-6-7-17-5-2/h9H,4-8H2,1-3H3,(H,12,16)(H,14,15). The second-order valence-corrected chi connectivity index (χ2v) is 3.66. The molecule has 0 radical (unpaired) electrons. The number of carbonyl (C=O) groups is 2. The maximum atomic E-state index is 11.7. The van der Waals surface area contributed by atoms with Gasteiger partial charge in [0.05, 0.1) is 13.0 Å². The van der Waals surface area contributed by atoms with Crippen molar-refractivity contribution < 1.29 is 19.4 Å². The number of hydrogen-bond donors (Lipinski definition) is 2. The van der Waals surface area contributed by atoms with Gasteiger partial charge in [-0.1, -0.05) is 0 Å². The molecule has 0 spiro atoms. The van der Waals surface area contributed by atoms with Crippen molar-refractivity contribution in [3.63, 3.8) is 0 Å². The summed E-state index contributed by atoms with van der Waals surface area (Å²) >= 11 is 0. The van der Waals surface area contributed by atoms with E-state index in [0.29, 0.717) is 26.3 Å². The Morgan fingerprint density at radius 3 is 2.53 bits per heavy atom. The van der Waals surface area contributed by atoms with Gasteiger partial charge in [0.1, 0.15) is 0 Å². The molecule has 1 unspecified atom stereocenters. The Morgan fingerprint density at radius 1 is 1.41 bits per heavy atom. The van der Waals surface area contributed by atoms with E-state index in [1.165, 1.54) is 4.90 Å². The van der Waals surface area contributed by atoms with Gasteiger partial charge in [-0.2, -0.15) is 0 Å². The van der Waals surface area contributed by atoms with Gasteiger partial charge in [-0.05, 0) is 20.8 Å². The van der Waals surface area contributed by atoms with E-state index in [9.17, 15) is 9.59 Å². The van der Waals surface area contributed by atoms with Crippen molar-refractivity contribution in [2.45, 2.75) is 33.2 Å². The molecule has 0 saturated carbocycles. The molecule has 0 aromatic rings. The molecular formula is C11H22N2O4. The minimum Gasteiger partial charge on any atom is -0.481 e. The molecule has 0 aliphatic rings. The molecule has 2 amide bonds. The Balaban J connectivity index is 4.06. The molecule has 1 atom stereocenters. The van der Waals surface area contributed by atoms with Crippen LogP contribution in [0.1, 0.15) is 27.2 Å². The average molecular weight is 246 g/mol. The molecule has 0 aromatic carbocycles. The number of urea groups is 1. The third-order valence-electron chi connectivity index (χ3n) is 2.33. The van der Waals surface area contributed by atoms with E-state index in [1.807, 2.05) is 13.8 Å². The van der Waals surface area contributed by atoms with Crippen LogP contribution in [0.15, 0.2) is 0 Å². The van der Waals surface area contributed by atoms with Crippen LogP contribution in [0.4, 0.5) is 4.79 Å². The summed E-state index contributed by atoms with van der Waals surface area (Å²) < 4.78 is 5.09. The Hall–Kier alpha value is -1.30. The summed E-state index contributed by atoms with van der Waals surface area (Å²) in [6.45, 7) is 7.42. The van der Waals surface area contributed by atoms with Crippen molar-refractivity contribution in [2.24, 2.45) is 0 Å². The van der Waals surface area contributed by atoms with Crippen LogP contribution in [0.3, 0.4) is 0 Å². The highest BCUT2D eigenvalue weighted by atomic mass is 16.5. The summed E-state index contributed by atoms with van der Waals surface area (Å²) in [5.74, 6) is -0.905. The molecule has 0 aliphatic carbocycles. The van der Waals surface area contributed by atoms with E-state index < -0.39 is 5.97 Å². The third kappa shape index (κ3) is 6.78. The van der Waals surface area contributed by atoms with E-state index in [2.05, 4.69) is 5.32 Å². The zero-order valence-corrected chi connectivity index (χ0v) is 10.7. The number of carboxylic acid groups (broad SMARTS) is 1. The molecule has 0 heterocycles. The molecule has 0 rings (SSSR count). The van der Waals surface area contributed by atoms with Crippen molar-refractivity contribution >= 4 is 12.0 Å². The number of rotatable bonds is 8. The molecule has 0 aromatic heterocycles. The van der Waals surface area contributed by atoms with Gasteiger partial charge in [-0.3, -0.25) is 4.79 Å². The number of nitrogens with one attached hydrogen (secondary N) is 1. The Bertz CT molecular complexity index is 246. The number of ether oxygens (including phenoxy) is 1. The summed E-state index contributed by atoms with van der Waals surface area (Å²) in [7, 11) is 0.